The minimum atomic E-state index is 0.434. The van der Waals surface area contributed by atoms with Gasteiger partial charge in [0.1, 0.15) is 0 Å². The molecule has 0 aliphatic heterocycles. The zero-order valence-corrected chi connectivity index (χ0v) is 15.2. The number of rotatable bonds is 16. The number of unbranched alkanes of at least 4 members (excludes halogenated alkanes) is 10. The SMILES string of the molecule is CCCCCCCCCCCCCC(N)CCCN(C)C. The Bertz CT molecular complexity index is 192. The van der Waals surface area contributed by atoms with Gasteiger partial charge < -0.3 is 10.6 Å². The molecule has 1 atom stereocenters. The molecule has 0 bridgehead atoms. The Kier molecular flexibility index (Phi) is 16.2. The van der Waals surface area contributed by atoms with Crippen LogP contribution in [-0.2, 0) is 0 Å². The van der Waals surface area contributed by atoms with Crippen molar-refractivity contribution >= 4 is 0 Å². The van der Waals surface area contributed by atoms with Crippen LogP contribution in [0.1, 0.15) is 96.8 Å². The second-order valence-electron chi connectivity index (χ2n) is 7.03. The average Bonchev–Trinajstić information content (AvgIpc) is 2.44. The topological polar surface area (TPSA) is 29.3 Å². The van der Waals surface area contributed by atoms with Gasteiger partial charge in [-0.15, -0.1) is 0 Å². The van der Waals surface area contributed by atoms with Crippen LogP contribution >= 0.6 is 0 Å². The quantitative estimate of drug-likeness (QED) is 0.389. The van der Waals surface area contributed by atoms with Gasteiger partial charge in [-0.25, -0.2) is 0 Å². The molecule has 0 aliphatic carbocycles. The van der Waals surface area contributed by atoms with E-state index in [1.165, 1.54) is 96.4 Å². The molecule has 0 aromatic heterocycles. The third kappa shape index (κ3) is 17.9. The van der Waals surface area contributed by atoms with Crippen molar-refractivity contribution in [2.45, 2.75) is 103 Å². The largest absolute Gasteiger partial charge is 0.328 e. The second-order valence-corrected chi connectivity index (χ2v) is 7.03. The molecule has 21 heavy (non-hydrogen) atoms. The standard InChI is InChI=1S/C19H42N2/c1-4-5-6-7-8-9-10-11-12-13-14-16-19(20)17-15-18-21(2)3/h19H,4-18,20H2,1-3H3. The molecule has 0 saturated carbocycles. The summed E-state index contributed by atoms with van der Waals surface area (Å²) in [6.07, 6.45) is 19.3. The van der Waals surface area contributed by atoms with Crippen LogP contribution in [0.5, 0.6) is 0 Å². The molecular weight excluding hydrogens is 256 g/mol. The lowest BCUT2D eigenvalue weighted by atomic mass is 10.0. The van der Waals surface area contributed by atoms with Crippen LogP contribution in [0.3, 0.4) is 0 Å². The Hall–Kier alpha value is -0.0800. The average molecular weight is 299 g/mol. The van der Waals surface area contributed by atoms with E-state index < -0.39 is 0 Å². The fourth-order valence-electron chi connectivity index (χ4n) is 2.88. The van der Waals surface area contributed by atoms with Crippen LogP contribution in [0.25, 0.3) is 0 Å². The van der Waals surface area contributed by atoms with E-state index in [0.29, 0.717) is 6.04 Å². The highest BCUT2D eigenvalue weighted by Gasteiger charge is 2.02. The zero-order chi connectivity index (χ0) is 15.8. The lowest BCUT2D eigenvalue weighted by Crippen LogP contribution is -2.22. The van der Waals surface area contributed by atoms with Crippen LogP contribution in [0.15, 0.2) is 0 Å². The maximum atomic E-state index is 6.16. The predicted molar refractivity (Wildman–Crippen MR) is 96.8 cm³/mol. The molecule has 2 nitrogen and oxygen atoms in total. The van der Waals surface area contributed by atoms with E-state index in [9.17, 15) is 0 Å². The predicted octanol–water partition coefficient (Wildman–Crippen LogP) is 5.36. The van der Waals surface area contributed by atoms with Crippen molar-refractivity contribution in [1.29, 1.82) is 0 Å². The minimum Gasteiger partial charge on any atom is -0.328 e. The molecule has 128 valence electrons. The summed E-state index contributed by atoms with van der Waals surface area (Å²) in [6.45, 7) is 3.46. The summed E-state index contributed by atoms with van der Waals surface area (Å²) < 4.78 is 0. The van der Waals surface area contributed by atoms with Crippen LogP contribution in [0.4, 0.5) is 0 Å². The monoisotopic (exact) mass is 298 g/mol. The van der Waals surface area contributed by atoms with E-state index in [0.717, 1.165) is 0 Å². The van der Waals surface area contributed by atoms with Gasteiger partial charge in [0, 0.05) is 6.04 Å². The maximum Gasteiger partial charge on any atom is 0.00393 e. The van der Waals surface area contributed by atoms with E-state index in [1.807, 2.05) is 0 Å². The molecule has 0 fully saturated rings. The van der Waals surface area contributed by atoms with Crippen molar-refractivity contribution in [3.63, 3.8) is 0 Å². The normalized spacial score (nSPS) is 13.0. The second kappa shape index (κ2) is 16.3. The first-order chi connectivity index (χ1) is 10.2. The summed E-state index contributed by atoms with van der Waals surface area (Å²) in [5.74, 6) is 0. The Morgan fingerprint density at radius 1 is 0.667 bits per heavy atom. The molecule has 0 radical (unpaired) electrons. The fraction of sp³-hybridized carbons (Fsp3) is 1.00. The number of hydrogen-bond acceptors (Lipinski definition) is 2. The van der Waals surface area contributed by atoms with E-state index in [4.69, 9.17) is 5.73 Å². The van der Waals surface area contributed by atoms with Crippen molar-refractivity contribution in [3.05, 3.63) is 0 Å². The Balaban J connectivity index is 3.10. The molecule has 0 aromatic carbocycles. The lowest BCUT2D eigenvalue weighted by Gasteiger charge is -2.13. The highest BCUT2D eigenvalue weighted by Crippen LogP contribution is 2.13. The Morgan fingerprint density at radius 3 is 1.57 bits per heavy atom. The van der Waals surface area contributed by atoms with Crippen molar-refractivity contribution in [3.8, 4) is 0 Å². The molecule has 0 amide bonds. The van der Waals surface area contributed by atoms with E-state index >= 15 is 0 Å². The van der Waals surface area contributed by atoms with Crippen molar-refractivity contribution < 1.29 is 0 Å². The van der Waals surface area contributed by atoms with Crippen LogP contribution in [0.2, 0.25) is 0 Å². The number of nitrogens with two attached hydrogens (primary N) is 1. The van der Waals surface area contributed by atoms with Gasteiger partial charge in [-0.3, -0.25) is 0 Å². The molecule has 1 unspecified atom stereocenters. The summed E-state index contributed by atoms with van der Waals surface area (Å²) in [6, 6.07) is 0.434. The highest BCUT2D eigenvalue weighted by molar-refractivity contribution is 4.62. The van der Waals surface area contributed by atoms with Crippen molar-refractivity contribution in [2.75, 3.05) is 20.6 Å². The Labute approximate surface area is 134 Å². The minimum absolute atomic E-state index is 0.434. The fourth-order valence-corrected chi connectivity index (χ4v) is 2.88. The zero-order valence-electron chi connectivity index (χ0n) is 15.2. The number of nitrogens with zero attached hydrogens (tertiary/aromatic N) is 1. The first-order valence-electron chi connectivity index (χ1n) is 9.57. The molecule has 0 heterocycles. The first-order valence-corrected chi connectivity index (χ1v) is 9.57. The molecule has 2 heteroatoms. The molecule has 0 rings (SSSR count). The molecule has 0 aliphatic rings. The summed E-state index contributed by atoms with van der Waals surface area (Å²) in [7, 11) is 4.27. The maximum absolute atomic E-state index is 6.16. The first kappa shape index (κ1) is 20.9. The number of hydrogen-bond donors (Lipinski definition) is 1. The lowest BCUT2D eigenvalue weighted by molar-refractivity contribution is 0.379. The van der Waals surface area contributed by atoms with Gasteiger partial charge in [-0.2, -0.15) is 0 Å². The third-order valence-corrected chi connectivity index (χ3v) is 4.36. The summed E-state index contributed by atoms with van der Waals surface area (Å²) in [5, 5.41) is 0. The van der Waals surface area contributed by atoms with Gasteiger partial charge in [-0.1, -0.05) is 77.6 Å². The molecular formula is C19H42N2. The van der Waals surface area contributed by atoms with Crippen molar-refractivity contribution in [1.82, 2.24) is 4.90 Å². The highest BCUT2D eigenvalue weighted by atomic mass is 15.0. The Morgan fingerprint density at radius 2 is 1.10 bits per heavy atom. The molecule has 0 spiro atoms. The molecule has 0 aromatic rings. The van der Waals surface area contributed by atoms with Crippen LogP contribution < -0.4 is 5.73 Å². The van der Waals surface area contributed by atoms with Gasteiger partial charge in [0.15, 0.2) is 0 Å². The van der Waals surface area contributed by atoms with Gasteiger partial charge in [0.25, 0.3) is 0 Å². The third-order valence-electron chi connectivity index (χ3n) is 4.36. The van der Waals surface area contributed by atoms with Gasteiger partial charge >= 0.3 is 0 Å². The van der Waals surface area contributed by atoms with Gasteiger partial charge in [-0.05, 0) is 39.9 Å². The summed E-state index contributed by atoms with van der Waals surface area (Å²) >= 11 is 0. The van der Waals surface area contributed by atoms with Crippen LogP contribution in [0, 0.1) is 0 Å². The summed E-state index contributed by atoms with van der Waals surface area (Å²) in [5.41, 5.74) is 6.16. The van der Waals surface area contributed by atoms with Crippen LogP contribution in [-0.4, -0.2) is 31.6 Å². The smallest absolute Gasteiger partial charge is 0.00393 e. The van der Waals surface area contributed by atoms with Gasteiger partial charge in [0.05, 0.1) is 0 Å². The molecule has 0 saturated heterocycles. The van der Waals surface area contributed by atoms with Crippen molar-refractivity contribution in [2.24, 2.45) is 5.73 Å². The molecule has 2 N–H and O–H groups in total. The van der Waals surface area contributed by atoms with Gasteiger partial charge in [0.2, 0.25) is 0 Å². The van der Waals surface area contributed by atoms with E-state index in [1.54, 1.807) is 0 Å². The van der Waals surface area contributed by atoms with E-state index in [2.05, 4.69) is 25.9 Å². The summed E-state index contributed by atoms with van der Waals surface area (Å²) in [4.78, 5) is 2.25. The van der Waals surface area contributed by atoms with E-state index in [-0.39, 0.29) is 0 Å².